The van der Waals surface area contributed by atoms with Crippen LogP contribution >= 0.6 is 0 Å². The van der Waals surface area contributed by atoms with Gasteiger partial charge in [0.05, 0.1) is 17.0 Å². The molecule has 1 amide bonds. The zero-order chi connectivity index (χ0) is 18.6. The van der Waals surface area contributed by atoms with E-state index < -0.39 is 5.60 Å². The lowest BCUT2D eigenvalue weighted by Gasteiger charge is -2.27. The monoisotopic (exact) mass is 341 g/mol. The molecule has 25 heavy (non-hydrogen) atoms. The SMILES string of the molecule is CCN(CC(C)(C)O)C(=O)C=Cc1c(C)nn(-c2ccccc2)c1C. The number of carbonyl (C=O) groups is 1. The molecule has 2 aromatic rings. The molecule has 0 aliphatic carbocycles. The number of amides is 1. The number of benzene rings is 1. The summed E-state index contributed by atoms with van der Waals surface area (Å²) in [5, 5.41) is 14.5. The molecule has 0 fully saturated rings. The number of rotatable bonds is 6. The number of aryl methyl sites for hydroxylation is 1. The van der Waals surface area contributed by atoms with Crippen molar-refractivity contribution in [3.05, 3.63) is 53.4 Å². The van der Waals surface area contributed by atoms with Crippen molar-refractivity contribution in [2.24, 2.45) is 0 Å². The largest absolute Gasteiger partial charge is 0.389 e. The van der Waals surface area contributed by atoms with Crippen molar-refractivity contribution < 1.29 is 9.90 Å². The molecule has 0 aliphatic rings. The van der Waals surface area contributed by atoms with Crippen LogP contribution in [0.3, 0.4) is 0 Å². The third kappa shape index (κ3) is 4.79. The highest BCUT2D eigenvalue weighted by molar-refractivity contribution is 5.92. The predicted molar refractivity (Wildman–Crippen MR) is 101 cm³/mol. The number of likely N-dealkylation sites (N-methyl/N-ethyl adjacent to an activating group) is 1. The molecule has 2 rings (SSSR count). The highest BCUT2D eigenvalue weighted by Crippen LogP contribution is 2.19. The molecule has 1 heterocycles. The van der Waals surface area contributed by atoms with Crippen LogP contribution in [-0.4, -0.2) is 44.4 Å². The first kappa shape index (κ1) is 18.9. The number of aromatic nitrogens is 2. The van der Waals surface area contributed by atoms with Crippen LogP contribution in [0.4, 0.5) is 0 Å². The molecule has 0 saturated heterocycles. The van der Waals surface area contributed by atoms with E-state index in [0.717, 1.165) is 22.6 Å². The maximum atomic E-state index is 12.4. The average molecular weight is 341 g/mol. The van der Waals surface area contributed by atoms with Gasteiger partial charge in [0.15, 0.2) is 0 Å². The van der Waals surface area contributed by atoms with E-state index in [-0.39, 0.29) is 5.91 Å². The van der Waals surface area contributed by atoms with Crippen molar-refractivity contribution in [1.82, 2.24) is 14.7 Å². The molecule has 134 valence electrons. The molecule has 5 heteroatoms. The van der Waals surface area contributed by atoms with Gasteiger partial charge in [-0.15, -0.1) is 0 Å². The summed E-state index contributed by atoms with van der Waals surface area (Å²) in [7, 11) is 0. The number of aliphatic hydroxyl groups is 1. The number of nitrogens with zero attached hydrogens (tertiary/aromatic N) is 3. The van der Waals surface area contributed by atoms with Gasteiger partial charge in [-0.05, 0) is 52.8 Å². The van der Waals surface area contributed by atoms with Crippen LogP contribution in [0.2, 0.25) is 0 Å². The summed E-state index contributed by atoms with van der Waals surface area (Å²) in [6, 6.07) is 9.91. The summed E-state index contributed by atoms with van der Waals surface area (Å²) >= 11 is 0. The van der Waals surface area contributed by atoms with Crippen molar-refractivity contribution in [3.8, 4) is 5.69 Å². The third-order valence-corrected chi connectivity index (χ3v) is 4.01. The molecule has 0 unspecified atom stereocenters. The maximum absolute atomic E-state index is 12.4. The van der Waals surface area contributed by atoms with E-state index in [1.54, 1.807) is 24.8 Å². The molecule has 1 aromatic carbocycles. The van der Waals surface area contributed by atoms with Crippen LogP contribution in [0.1, 0.15) is 37.7 Å². The van der Waals surface area contributed by atoms with Crippen molar-refractivity contribution in [2.75, 3.05) is 13.1 Å². The zero-order valence-corrected chi connectivity index (χ0v) is 15.7. The van der Waals surface area contributed by atoms with Gasteiger partial charge in [0.25, 0.3) is 0 Å². The Kier molecular flexibility index (Phi) is 5.80. The Labute approximate surface area is 149 Å². The van der Waals surface area contributed by atoms with Gasteiger partial charge < -0.3 is 10.0 Å². The van der Waals surface area contributed by atoms with Crippen molar-refractivity contribution in [1.29, 1.82) is 0 Å². The fourth-order valence-electron chi connectivity index (χ4n) is 2.79. The molecule has 0 radical (unpaired) electrons. The van der Waals surface area contributed by atoms with Crippen LogP contribution in [0, 0.1) is 13.8 Å². The minimum atomic E-state index is -0.913. The molecular weight excluding hydrogens is 314 g/mol. The van der Waals surface area contributed by atoms with Crippen LogP contribution in [-0.2, 0) is 4.79 Å². The first-order valence-electron chi connectivity index (χ1n) is 8.54. The predicted octanol–water partition coefficient (Wildman–Crippen LogP) is 3.12. The Morgan fingerprint density at radius 1 is 1.28 bits per heavy atom. The lowest BCUT2D eigenvalue weighted by Crippen LogP contribution is -2.41. The Bertz CT molecular complexity index is 755. The molecule has 5 nitrogen and oxygen atoms in total. The van der Waals surface area contributed by atoms with Gasteiger partial charge in [-0.2, -0.15) is 5.10 Å². The Morgan fingerprint density at radius 2 is 1.92 bits per heavy atom. The van der Waals surface area contributed by atoms with E-state index in [4.69, 9.17) is 0 Å². The minimum Gasteiger partial charge on any atom is -0.389 e. The van der Waals surface area contributed by atoms with Gasteiger partial charge in [0.2, 0.25) is 5.91 Å². The van der Waals surface area contributed by atoms with Gasteiger partial charge in [-0.25, -0.2) is 4.68 Å². The highest BCUT2D eigenvalue weighted by Gasteiger charge is 2.20. The Morgan fingerprint density at radius 3 is 2.48 bits per heavy atom. The maximum Gasteiger partial charge on any atom is 0.246 e. The quantitative estimate of drug-likeness (QED) is 0.821. The summed E-state index contributed by atoms with van der Waals surface area (Å²) in [5.41, 5.74) is 2.88. The average Bonchev–Trinajstić information content (AvgIpc) is 2.85. The van der Waals surface area contributed by atoms with Crippen molar-refractivity contribution in [2.45, 2.75) is 40.2 Å². The van der Waals surface area contributed by atoms with Crippen molar-refractivity contribution in [3.63, 3.8) is 0 Å². The topological polar surface area (TPSA) is 58.4 Å². The van der Waals surface area contributed by atoms with E-state index in [1.807, 2.05) is 61.9 Å². The lowest BCUT2D eigenvalue weighted by molar-refractivity contribution is -0.128. The normalized spacial score (nSPS) is 11.9. The van der Waals surface area contributed by atoms with E-state index in [0.29, 0.717) is 13.1 Å². The number of carbonyl (C=O) groups excluding carboxylic acids is 1. The second-order valence-electron chi connectivity index (χ2n) is 6.83. The molecule has 1 N–H and O–H groups in total. The summed E-state index contributed by atoms with van der Waals surface area (Å²) < 4.78 is 1.88. The van der Waals surface area contributed by atoms with Gasteiger partial charge in [-0.1, -0.05) is 18.2 Å². The summed E-state index contributed by atoms with van der Waals surface area (Å²) in [6.45, 7) is 10.1. The van der Waals surface area contributed by atoms with Gasteiger partial charge in [0, 0.05) is 30.4 Å². The van der Waals surface area contributed by atoms with E-state index in [2.05, 4.69) is 5.10 Å². The van der Waals surface area contributed by atoms with E-state index in [9.17, 15) is 9.90 Å². The van der Waals surface area contributed by atoms with Crippen molar-refractivity contribution >= 4 is 12.0 Å². The number of hydrogen-bond donors (Lipinski definition) is 1. The molecule has 0 saturated carbocycles. The number of para-hydroxylation sites is 1. The van der Waals surface area contributed by atoms with Crippen LogP contribution < -0.4 is 0 Å². The minimum absolute atomic E-state index is 0.115. The molecule has 0 aliphatic heterocycles. The van der Waals surface area contributed by atoms with Gasteiger partial charge in [0.1, 0.15) is 0 Å². The first-order chi connectivity index (χ1) is 11.7. The Balaban J connectivity index is 2.24. The summed E-state index contributed by atoms with van der Waals surface area (Å²) in [6.07, 6.45) is 3.37. The highest BCUT2D eigenvalue weighted by atomic mass is 16.3. The van der Waals surface area contributed by atoms with E-state index in [1.165, 1.54) is 0 Å². The first-order valence-corrected chi connectivity index (χ1v) is 8.54. The second kappa shape index (κ2) is 7.66. The fourth-order valence-corrected chi connectivity index (χ4v) is 2.79. The number of hydrogen-bond acceptors (Lipinski definition) is 3. The van der Waals surface area contributed by atoms with Gasteiger partial charge in [-0.3, -0.25) is 4.79 Å². The van der Waals surface area contributed by atoms with Crippen LogP contribution in [0.5, 0.6) is 0 Å². The zero-order valence-electron chi connectivity index (χ0n) is 15.7. The molecule has 0 spiro atoms. The van der Waals surface area contributed by atoms with E-state index >= 15 is 0 Å². The molecule has 0 bridgehead atoms. The molecule has 0 atom stereocenters. The summed E-state index contributed by atoms with van der Waals surface area (Å²) in [5.74, 6) is -0.115. The molecule has 1 aromatic heterocycles. The fraction of sp³-hybridized carbons (Fsp3) is 0.400. The Hall–Kier alpha value is -2.40. The lowest BCUT2D eigenvalue weighted by atomic mass is 10.1. The smallest absolute Gasteiger partial charge is 0.246 e. The third-order valence-electron chi connectivity index (χ3n) is 4.01. The second-order valence-corrected chi connectivity index (χ2v) is 6.83. The molecular formula is C20H27N3O2. The van der Waals surface area contributed by atoms with Gasteiger partial charge >= 0.3 is 0 Å². The van der Waals surface area contributed by atoms with Crippen LogP contribution in [0.25, 0.3) is 11.8 Å². The standard InChI is InChI=1S/C20H27N3O2/c1-6-22(14-20(4,5)25)19(24)13-12-18-15(2)21-23(16(18)3)17-10-8-7-9-11-17/h7-13,25H,6,14H2,1-5H3. The van der Waals surface area contributed by atoms with Crippen LogP contribution in [0.15, 0.2) is 36.4 Å². The summed E-state index contributed by atoms with van der Waals surface area (Å²) in [4.78, 5) is 14.1.